The van der Waals surface area contributed by atoms with Gasteiger partial charge < -0.3 is 79.2 Å². The molecule has 28 nitrogen and oxygen atoms in total. The van der Waals surface area contributed by atoms with Gasteiger partial charge in [-0.25, -0.2) is 14.4 Å². The summed E-state index contributed by atoms with van der Waals surface area (Å²) in [5.74, 6) is -15.7. The number of primary amides is 1. The molecule has 0 aromatic carbocycles. The Balaban J connectivity index is 2.47. The van der Waals surface area contributed by atoms with E-state index in [1.807, 2.05) is 0 Å². The molecule has 0 radical (unpaired) electrons. The number of aliphatic hydroxyl groups excluding tert-OH is 2. The maximum absolute atomic E-state index is 14.6. The van der Waals surface area contributed by atoms with Crippen molar-refractivity contribution in [3.8, 4) is 0 Å². The Kier molecular flexibility index (Phi) is 28.4. The van der Waals surface area contributed by atoms with Gasteiger partial charge in [-0.3, -0.25) is 52.7 Å². The van der Waals surface area contributed by atoms with Crippen LogP contribution in [0.5, 0.6) is 0 Å². The first kappa shape index (κ1) is 72.4. The zero-order valence-corrected chi connectivity index (χ0v) is 49.8. The van der Waals surface area contributed by atoms with E-state index in [4.69, 9.17) is 5.73 Å². The highest BCUT2D eigenvalue weighted by Crippen LogP contribution is 2.23. The molecule has 0 spiro atoms. The molecule has 30 heteroatoms. The van der Waals surface area contributed by atoms with Crippen LogP contribution in [0.15, 0.2) is 24.8 Å². The summed E-state index contributed by atoms with van der Waals surface area (Å²) in [6.07, 6.45) is 1.06. The molecule has 0 saturated carbocycles. The van der Waals surface area contributed by atoms with Gasteiger partial charge in [0.2, 0.25) is 65.0 Å². The third-order valence-electron chi connectivity index (χ3n) is 13.7. The molecular formula is C54H86F2N14O14. The Bertz CT molecular complexity index is 2610. The molecule has 0 unspecified atom stereocenters. The highest BCUT2D eigenvalue weighted by molar-refractivity contribution is 6.01. The van der Waals surface area contributed by atoms with Crippen LogP contribution < -0.4 is 58.9 Å². The molecule has 11 amide bonds. The predicted molar refractivity (Wildman–Crippen MR) is 299 cm³/mol. The van der Waals surface area contributed by atoms with Crippen molar-refractivity contribution >= 4 is 65.0 Å². The number of halogens is 2. The Hall–Kier alpha value is -7.73. The van der Waals surface area contributed by atoms with Gasteiger partial charge in [0.1, 0.15) is 54.4 Å². The minimum absolute atomic E-state index is 0.0320. The van der Waals surface area contributed by atoms with Gasteiger partial charge in [-0.1, -0.05) is 75.2 Å². The number of aromatic nitrogens is 3. The molecule has 2 aromatic heterocycles. The van der Waals surface area contributed by atoms with Crippen molar-refractivity contribution in [1.82, 2.24) is 68.1 Å². The Morgan fingerprint density at radius 2 is 1.12 bits per heavy atom. The maximum Gasteiger partial charge on any atom is 0.255 e. The second-order valence-corrected chi connectivity index (χ2v) is 22.7. The molecule has 2 heterocycles. The number of nitrogens with two attached hydrogens (primary N) is 1. The number of carbonyl (C=O) groups is 11. The van der Waals surface area contributed by atoms with E-state index >= 15 is 0 Å². The van der Waals surface area contributed by atoms with E-state index < -0.39 is 185 Å². The lowest BCUT2D eigenvalue weighted by Crippen LogP contribution is -2.66. The van der Waals surface area contributed by atoms with Crippen molar-refractivity contribution in [2.75, 3.05) is 13.7 Å². The van der Waals surface area contributed by atoms with Crippen LogP contribution in [0.25, 0.3) is 0 Å². The van der Waals surface area contributed by atoms with Crippen molar-refractivity contribution in [2.45, 2.75) is 188 Å². The largest absolute Gasteiger partial charge is 0.394 e. The second kappa shape index (κ2) is 32.9. The van der Waals surface area contributed by atoms with Gasteiger partial charge in [-0.2, -0.15) is 4.39 Å². The zero-order valence-electron chi connectivity index (χ0n) is 49.8. The van der Waals surface area contributed by atoms with Crippen LogP contribution in [0, 0.1) is 34.9 Å². The molecule has 0 fully saturated rings. The SMILES string of the molecule is CC[C@H](C)[C@H](NC(=O)[C@@H](NC(=O)c1ccnc(F)c1F)C(C)(C)C)C(=O)N[C@H](C(=O)N[C@H](C(=O)N[C@H](C(=O)N[C@@H](CCC(N)=O)C(=O)N[C@@H](Cc1c[nH]cn1)C(=O)N[C@H](CC(C)C)C(=O)N[C@@H](CO)C(=O)NC)[C@@H](C)O)[C@@H](C)CC)C(C)(C)O. The third kappa shape index (κ3) is 22.1. The van der Waals surface area contributed by atoms with E-state index in [1.165, 1.54) is 33.4 Å². The predicted octanol–water partition coefficient (Wildman–Crippen LogP) is -2.36. The highest BCUT2D eigenvalue weighted by atomic mass is 19.2. The monoisotopic (exact) mass is 1190 g/mol. The normalized spacial score (nSPS) is 15.9. The van der Waals surface area contributed by atoms with Crippen LogP contribution >= 0.6 is 0 Å². The van der Waals surface area contributed by atoms with Gasteiger partial charge in [0, 0.05) is 32.3 Å². The third-order valence-corrected chi connectivity index (χ3v) is 13.7. The van der Waals surface area contributed by atoms with Crippen LogP contribution in [0.4, 0.5) is 8.78 Å². The fourth-order valence-corrected chi connectivity index (χ4v) is 8.32. The number of H-pyrrole nitrogens is 1. The van der Waals surface area contributed by atoms with Crippen LogP contribution in [0.3, 0.4) is 0 Å². The molecule has 0 aliphatic heterocycles. The summed E-state index contributed by atoms with van der Waals surface area (Å²) in [6, 6.07) is -13.2. The average molecular weight is 1190 g/mol. The first-order chi connectivity index (χ1) is 39.0. The van der Waals surface area contributed by atoms with E-state index in [9.17, 15) is 76.8 Å². The number of pyridine rings is 1. The zero-order chi connectivity index (χ0) is 64.1. The molecule has 2 rings (SSSR count). The molecule has 84 heavy (non-hydrogen) atoms. The van der Waals surface area contributed by atoms with Crippen LogP contribution in [-0.4, -0.2) is 175 Å². The lowest BCUT2D eigenvalue weighted by molar-refractivity contribution is -0.140. The van der Waals surface area contributed by atoms with E-state index in [-0.39, 0.29) is 37.3 Å². The van der Waals surface area contributed by atoms with E-state index in [0.717, 1.165) is 19.2 Å². The molecule has 2 aromatic rings. The molecule has 470 valence electrons. The highest BCUT2D eigenvalue weighted by Gasteiger charge is 2.43. The number of aromatic amines is 1. The van der Waals surface area contributed by atoms with Crippen LogP contribution in [0.1, 0.15) is 131 Å². The number of amides is 11. The van der Waals surface area contributed by atoms with Gasteiger partial charge in [-0.05, 0) is 62.8 Å². The summed E-state index contributed by atoms with van der Waals surface area (Å²) in [7, 11) is 1.29. The van der Waals surface area contributed by atoms with Crippen molar-refractivity contribution in [3.05, 3.63) is 47.8 Å². The number of imidazole rings is 1. The number of nitrogens with zero attached hydrogens (tertiary/aromatic N) is 2. The molecular weight excluding hydrogens is 1110 g/mol. The number of hydrogen-bond acceptors (Lipinski definition) is 16. The number of nitrogens with one attached hydrogen (secondary N) is 11. The first-order valence-corrected chi connectivity index (χ1v) is 27.6. The smallest absolute Gasteiger partial charge is 0.255 e. The van der Waals surface area contributed by atoms with E-state index in [0.29, 0.717) is 0 Å². The number of aliphatic hydroxyl groups is 3. The summed E-state index contributed by atoms with van der Waals surface area (Å²) in [5, 5.41) is 56.6. The molecule has 0 aliphatic rings. The quantitative estimate of drug-likeness (QED) is 0.0333. The van der Waals surface area contributed by atoms with Crippen LogP contribution in [0.2, 0.25) is 0 Å². The van der Waals surface area contributed by atoms with Crippen molar-refractivity contribution in [3.63, 3.8) is 0 Å². The van der Waals surface area contributed by atoms with E-state index in [2.05, 4.69) is 68.1 Å². The van der Waals surface area contributed by atoms with E-state index in [1.54, 1.807) is 62.3 Å². The lowest BCUT2D eigenvalue weighted by Gasteiger charge is -2.35. The van der Waals surface area contributed by atoms with Crippen molar-refractivity contribution in [1.29, 1.82) is 0 Å². The number of carbonyl (C=O) groups excluding carboxylic acids is 11. The summed E-state index contributed by atoms with van der Waals surface area (Å²) >= 11 is 0. The molecule has 0 bridgehead atoms. The van der Waals surface area contributed by atoms with Gasteiger partial charge in [0.15, 0.2) is 5.82 Å². The minimum atomic E-state index is -2.09. The molecule has 0 aliphatic carbocycles. The molecule has 16 N–H and O–H groups in total. The maximum atomic E-state index is 14.6. The number of hydrogen-bond donors (Lipinski definition) is 15. The minimum Gasteiger partial charge on any atom is -0.394 e. The Labute approximate surface area is 486 Å². The summed E-state index contributed by atoms with van der Waals surface area (Å²) in [4.78, 5) is 160. The number of rotatable bonds is 33. The second-order valence-electron chi connectivity index (χ2n) is 22.7. The van der Waals surface area contributed by atoms with Gasteiger partial charge in [0.25, 0.3) is 5.91 Å². The average Bonchev–Trinajstić information content (AvgIpc) is 3.63. The van der Waals surface area contributed by atoms with Gasteiger partial charge in [-0.15, -0.1) is 0 Å². The molecule has 12 atom stereocenters. The van der Waals surface area contributed by atoms with Gasteiger partial charge >= 0.3 is 0 Å². The fourth-order valence-electron chi connectivity index (χ4n) is 8.32. The fraction of sp³-hybridized carbons (Fsp3) is 0.648. The van der Waals surface area contributed by atoms with Gasteiger partial charge in [0.05, 0.1) is 35.9 Å². The molecule has 0 saturated heterocycles. The Morgan fingerprint density at radius 1 is 0.631 bits per heavy atom. The Morgan fingerprint density at radius 3 is 1.60 bits per heavy atom. The van der Waals surface area contributed by atoms with Crippen molar-refractivity contribution < 1.29 is 76.8 Å². The summed E-state index contributed by atoms with van der Waals surface area (Å²) < 4.78 is 28.5. The first-order valence-electron chi connectivity index (χ1n) is 27.6. The van der Waals surface area contributed by atoms with Crippen molar-refractivity contribution in [2.24, 2.45) is 28.9 Å². The lowest BCUT2D eigenvalue weighted by atomic mass is 9.85. The summed E-state index contributed by atoms with van der Waals surface area (Å²) in [6.45, 7) is 17.4. The standard InChI is InChI=1S/C54H86F2N14O14/c1-14-26(5)37(67-52(83)41(54(11,12)84)70-49(80)38(27(6)15-2)66-51(82)40(53(8,9)10)69-43(74)30-18-19-60-42(56)36(30)55)48(79)68-39(28(7)72)50(81)62-31(16-17-35(57)73)45(76)64-33(21-29-22-59-24-61-29)47(78)63-32(20-25(3)4)46(77)65-34(23-71)44(75)58-13/h18-19,22,24-28,31-34,37-41,71-72,84H,14-17,20-21,23H2,1-13H3,(H2,57,73)(H,58,75)(H,59,61)(H,62,81)(H,63,78)(H,64,76)(H,65,77)(H,66,82)(H,67,83)(H,68,79)(H,69,74)(H,70,80)/t26-,27-,28+,31-,32+,33-,34-,37-,38-,39-,40+,41+/m0/s1. The number of likely N-dealkylation sites (N-methyl/N-ethyl adjacent to an activating group) is 1. The summed E-state index contributed by atoms with van der Waals surface area (Å²) in [5.41, 5.74) is 1.76. The topological polar surface area (TPSA) is 436 Å². The van der Waals surface area contributed by atoms with Crippen LogP contribution in [-0.2, 0) is 54.4 Å².